The van der Waals surface area contributed by atoms with E-state index in [1.54, 1.807) is 19.9 Å². The average molecular weight is 554 g/mol. The highest BCUT2D eigenvalue weighted by molar-refractivity contribution is 7.99. The van der Waals surface area contributed by atoms with E-state index < -0.39 is 28.7 Å². The highest BCUT2D eigenvalue weighted by atomic mass is 32.2. The summed E-state index contributed by atoms with van der Waals surface area (Å²) in [5.74, 6) is -2.30. The van der Waals surface area contributed by atoms with Gasteiger partial charge in [0.15, 0.2) is 0 Å². The summed E-state index contributed by atoms with van der Waals surface area (Å²) in [6.45, 7) is 3.44. The number of amides is 1. The van der Waals surface area contributed by atoms with Gasteiger partial charge >= 0.3 is 11.9 Å². The molecule has 1 aliphatic heterocycles. The fourth-order valence-corrected chi connectivity index (χ4v) is 5.61. The molecule has 0 saturated carbocycles. The zero-order valence-corrected chi connectivity index (χ0v) is 22.8. The van der Waals surface area contributed by atoms with Crippen LogP contribution in [0, 0.1) is 16.0 Å². The maximum atomic E-state index is 13.3. The Morgan fingerprint density at radius 3 is 2.59 bits per heavy atom. The minimum absolute atomic E-state index is 0.0956. The minimum Gasteiger partial charge on any atom is -0.468 e. The highest BCUT2D eigenvalue weighted by Crippen LogP contribution is 2.41. The third kappa shape index (κ3) is 7.53. The van der Waals surface area contributed by atoms with Crippen LogP contribution in [0.5, 0.6) is 0 Å². The number of ether oxygens (including phenoxy) is 2. The Hall–Kier alpha value is -3.99. The van der Waals surface area contributed by atoms with Crippen molar-refractivity contribution < 1.29 is 28.8 Å². The van der Waals surface area contributed by atoms with Crippen LogP contribution in [-0.4, -0.2) is 60.2 Å². The van der Waals surface area contributed by atoms with Crippen LogP contribution in [-0.2, 0) is 30.3 Å². The number of nitrogens with zero attached hydrogens (tertiary/aromatic N) is 2. The Morgan fingerprint density at radius 2 is 1.95 bits per heavy atom. The van der Waals surface area contributed by atoms with Crippen molar-refractivity contribution in [1.29, 1.82) is 0 Å². The lowest BCUT2D eigenvalue weighted by molar-refractivity contribution is -0.384. The van der Waals surface area contributed by atoms with Crippen molar-refractivity contribution in [3.63, 3.8) is 0 Å². The summed E-state index contributed by atoms with van der Waals surface area (Å²) in [6.07, 6.45) is 1.29. The van der Waals surface area contributed by atoms with E-state index in [0.717, 1.165) is 5.56 Å². The zero-order valence-electron chi connectivity index (χ0n) is 22.0. The van der Waals surface area contributed by atoms with E-state index in [-0.39, 0.29) is 29.7 Å². The molecular formula is C28H31N3O7S. The van der Waals surface area contributed by atoms with E-state index in [2.05, 4.69) is 10.3 Å². The first-order chi connectivity index (χ1) is 18.8. The van der Waals surface area contributed by atoms with Gasteiger partial charge in [-0.1, -0.05) is 42.5 Å². The Balaban J connectivity index is 1.99. The molecule has 0 bridgehead atoms. The average Bonchev–Trinajstić information content (AvgIpc) is 2.93. The molecule has 3 unspecified atom stereocenters. The van der Waals surface area contributed by atoms with Gasteiger partial charge in [0.2, 0.25) is 6.41 Å². The summed E-state index contributed by atoms with van der Waals surface area (Å²) in [5, 5.41) is 14.3. The molecule has 39 heavy (non-hydrogen) atoms. The Kier molecular flexibility index (Phi) is 10.8. The number of nitro groups is 1. The molecule has 0 spiro atoms. The van der Waals surface area contributed by atoms with Gasteiger partial charge in [-0.25, -0.2) is 4.79 Å². The van der Waals surface area contributed by atoms with Crippen molar-refractivity contribution in [3.05, 3.63) is 87.1 Å². The Labute approximate surface area is 231 Å². The molecular weight excluding hydrogens is 522 g/mol. The molecule has 1 N–H and O–H groups in total. The molecule has 1 heterocycles. The molecule has 3 rings (SSSR count). The molecule has 0 radical (unpaired) electrons. The number of methoxy groups -OCH3 is 1. The smallest absolute Gasteiger partial charge is 0.336 e. The molecule has 0 aromatic heterocycles. The number of rotatable bonds is 13. The number of esters is 2. The summed E-state index contributed by atoms with van der Waals surface area (Å²) < 4.78 is 10.4. The van der Waals surface area contributed by atoms with Crippen LogP contribution in [0.3, 0.4) is 0 Å². The van der Waals surface area contributed by atoms with Gasteiger partial charge in [0.1, 0.15) is 5.92 Å². The third-order valence-corrected chi connectivity index (χ3v) is 7.41. The summed E-state index contributed by atoms with van der Waals surface area (Å²) >= 11 is 1.47. The van der Waals surface area contributed by atoms with Crippen LogP contribution in [0.25, 0.3) is 0 Å². The first kappa shape index (κ1) is 29.6. The molecule has 11 heteroatoms. The molecule has 1 aliphatic rings. The van der Waals surface area contributed by atoms with Crippen LogP contribution in [0.4, 0.5) is 5.69 Å². The number of nitro benzene ring substituents is 1. The van der Waals surface area contributed by atoms with Gasteiger partial charge < -0.3 is 14.8 Å². The second-order valence-electron chi connectivity index (χ2n) is 8.85. The SMILES string of the molecule is CCOC(=O)C1=C(CSCC(Cc2ccccc2)NC=O)N=C(C)C(C(=O)OC)C1c1cccc([N+](=O)[O-])c1. The van der Waals surface area contributed by atoms with Crippen molar-refractivity contribution in [1.82, 2.24) is 5.32 Å². The number of nitrogens with one attached hydrogen (secondary N) is 1. The number of non-ortho nitro benzene ring substituents is 1. The van der Waals surface area contributed by atoms with Crippen molar-refractivity contribution >= 4 is 41.5 Å². The van der Waals surface area contributed by atoms with Crippen molar-refractivity contribution in [2.75, 3.05) is 25.2 Å². The van der Waals surface area contributed by atoms with E-state index in [0.29, 0.717) is 35.6 Å². The Morgan fingerprint density at radius 1 is 1.21 bits per heavy atom. The molecule has 10 nitrogen and oxygen atoms in total. The summed E-state index contributed by atoms with van der Waals surface area (Å²) in [5.41, 5.74) is 2.31. The predicted molar refractivity (Wildman–Crippen MR) is 149 cm³/mol. The summed E-state index contributed by atoms with van der Waals surface area (Å²) in [6, 6.07) is 15.4. The quantitative estimate of drug-likeness (QED) is 0.171. The van der Waals surface area contributed by atoms with E-state index in [1.165, 1.54) is 37.1 Å². The van der Waals surface area contributed by atoms with E-state index in [4.69, 9.17) is 9.47 Å². The number of hydrogen-bond acceptors (Lipinski definition) is 9. The lowest BCUT2D eigenvalue weighted by Crippen LogP contribution is -2.37. The van der Waals surface area contributed by atoms with Crippen LogP contribution in [0.1, 0.15) is 30.9 Å². The number of benzene rings is 2. The van der Waals surface area contributed by atoms with Crippen LogP contribution < -0.4 is 5.32 Å². The number of carbonyl (C=O) groups is 3. The lowest BCUT2D eigenvalue weighted by atomic mass is 9.75. The monoisotopic (exact) mass is 553 g/mol. The van der Waals surface area contributed by atoms with Gasteiger partial charge in [-0.3, -0.25) is 24.7 Å². The fraction of sp³-hybridized carbons (Fsp3) is 0.357. The standard InChI is InChI=1S/C28H31N3O7S/c1-4-38-28(34)26-23(16-39-15-21(29-17-32)13-19-9-6-5-7-10-19)30-18(2)24(27(33)37-3)25(26)20-11-8-12-22(14-20)31(35)36/h5-12,14,17,21,24-25H,4,13,15-16H2,1-3H3,(H,29,32). The Bertz CT molecular complexity index is 1260. The second-order valence-corrected chi connectivity index (χ2v) is 9.88. The first-order valence-electron chi connectivity index (χ1n) is 12.4. The van der Waals surface area contributed by atoms with Crippen molar-refractivity contribution in [2.24, 2.45) is 10.9 Å². The topological polar surface area (TPSA) is 137 Å². The molecule has 0 saturated heterocycles. The zero-order chi connectivity index (χ0) is 28.4. The van der Waals surface area contributed by atoms with Gasteiger partial charge in [-0.15, -0.1) is 0 Å². The third-order valence-electron chi connectivity index (χ3n) is 6.29. The first-order valence-corrected chi connectivity index (χ1v) is 13.5. The molecule has 2 aromatic carbocycles. The van der Waals surface area contributed by atoms with Crippen molar-refractivity contribution in [3.8, 4) is 0 Å². The minimum atomic E-state index is -0.965. The van der Waals surface area contributed by atoms with Crippen LogP contribution in [0.15, 0.2) is 70.9 Å². The summed E-state index contributed by atoms with van der Waals surface area (Å²) in [7, 11) is 1.24. The van der Waals surface area contributed by atoms with Crippen molar-refractivity contribution in [2.45, 2.75) is 32.2 Å². The normalized spacial score (nSPS) is 17.6. The highest BCUT2D eigenvalue weighted by Gasteiger charge is 2.43. The predicted octanol–water partition coefficient (Wildman–Crippen LogP) is 3.85. The molecule has 0 fully saturated rings. The van der Waals surface area contributed by atoms with E-state index in [9.17, 15) is 24.5 Å². The molecule has 2 aromatic rings. The number of carbonyl (C=O) groups excluding carboxylic acids is 3. The van der Waals surface area contributed by atoms with E-state index in [1.807, 2.05) is 30.3 Å². The molecule has 206 valence electrons. The largest absolute Gasteiger partial charge is 0.468 e. The van der Waals surface area contributed by atoms with Crippen LogP contribution in [0.2, 0.25) is 0 Å². The number of hydrogen-bond donors (Lipinski definition) is 1. The van der Waals surface area contributed by atoms with Gasteiger partial charge in [0, 0.05) is 41.3 Å². The van der Waals surface area contributed by atoms with Gasteiger partial charge in [-0.2, -0.15) is 11.8 Å². The molecule has 0 aliphatic carbocycles. The van der Waals surface area contributed by atoms with Gasteiger partial charge in [-0.05, 0) is 31.4 Å². The molecule has 1 amide bonds. The number of thioether (sulfide) groups is 1. The second kappa shape index (κ2) is 14.2. The number of aliphatic imine (C=N–C) groups is 1. The maximum absolute atomic E-state index is 13.3. The van der Waals surface area contributed by atoms with Crippen LogP contribution >= 0.6 is 11.8 Å². The lowest BCUT2D eigenvalue weighted by Gasteiger charge is -2.32. The molecule has 3 atom stereocenters. The van der Waals surface area contributed by atoms with Gasteiger partial charge in [0.25, 0.3) is 5.69 Å². The maximum Gasteiger partial charge on any atom is 0.336 e. The van der Waals surface area contributed by atoms with Gasteiger partial charge in [0.05, 0.1) is 29.9 Å². The fourth-order valence-electron chi connectivity index (χ4n) is 4.58. The van der Waals surface area contributed by atoms with E-state index >= 15 is 0 Å². The summed E-state index contributed by atoms with van der Waals surface area (Å²) in [4.78, 5) is 53.0.